The van der Waals surface area contributed by atoms with Crippen molar-refractivity contribution in [2.24, 2.45) is 10.9 Å². The minimum Gasteiger partial charge on any atom is -0.492 e. The van der Waals surface area contributed by atoms with Crippen molar-refractivity contribution in [3.63, 3.8) is 0 Å². The van der Waals surface area contributed by atoms with Crippen LogP contribution in [-0.4, -0.2) is 51.8 Å². The number of ether oxygens (including phenoxy) is 2. The molecule has 0 aliphatic rings. The van der Waals surface area contributed by atoms with Crippen LogP contribution in [0.3, 0.4) is 0 Å². The molecule has 1 amide bonds. The van der Waals surface area contributed by atoms with Gasteiger partial charge in [0.15, 0.2) is 5.96 Å². The maximum absolute atomic E-state index is 11.1. The first-order valence-corrected chi connectivity index (χ1v) is 9.04. The Morgan fingerprint density at radius 2 is 1.88 bits per heavy atom. The van der Waals surface area contributed by atoms with E-state index in [2.05, 4.69) is 34.8 Å². The van der Waals surface area contributed by atoms with E-state index in [0.717, 1.165) is 18.7 Å². The molecule has 1 rings (SSSR count). The molecule has 0 saturated heterocycles. The van der Waals surface area contributed by atoms with E-state index in [1.165, 1.54) is 6.92 Å². The molecule has 0 aromatic heterocycles. The van der Waals surface area contributed by atoms with E-state index in [-0.39, 0.29) is 5.91 Å². The lowest BCUT2D eigenvalue weighted by molar-refractivity contribution is -0.114. The van der Waals surface area contributed by atoms with Crippen LogP contribution < -0.4 is 20.7 Å². The lowest BCUT2D eigenvalue weighted by Gasteiger charge is -2.13. The van der Waals surface area contributed by atoms with Gasteiger partial charge in [0.1, 0.15) is 12.4 Å². The zero-order chi connectivity index (χ0) is 19.2. The van der Waals surface area contributed by atoms with Gasteiger partial charge in [0.25, 0.3) is 0 Å². The number of carbonyl (C=O) groups is 1. The Bertz CT molecular complexity index is 561. The molecule has 0 spiro atoms. The van der Waals surface area contributed by atoms with E-state index in [0.29, 0.717) is 43.9 Å². The molecule has 0 saturated carbocycles. The normalized spacial score (nSPS) is 11.3. The predicted molar refractivity (Wildman–Crippen MR) is 106 cm³/mol. The first-order valence-electron chi connectivity index (χ1n) is 9.04. The average Bonchev–Trinajstić information content (AvgIpc) is 2.59. The molecule has 26 heavy (non-hydrogen) atoms. The topological polar surface area (TPSA) is 84.0 Å². The fraction of sp³-hybridized carbons (Fsp3) is 0.579. The van der Waals surface area contributed by atoms with Gasteiger partial charge in [0.2, 0.25) is 5.91 Å². The van der Waals surface area contributed by atoms with Crippen LogP contribution >= 0.6 is 0 Å². The number of aliphatic imine (C=N–C) groups is 1. The number of anilines is 1. The maximum Gasteiger partial charge on any atom is 0.221 e. The second-order valence-electron chi connectivity index (χ2n) is 6.28. The molecule has 0 aliphatic carbocycles. The molecule has 7 heteroatoms. The van der Waals surface area contributed by atoms with Crippen molar-refractivity contribution < 1.29 is 14.3 Å². The van der Waals surface area contributed by atoms with Crippen molar-refractivity contribution in [1.29, 1.82) is 0 Å². The maximum atomic E-state index is 11.1. The zero-order valence-corrected chi connectivity index (χ0v) is 16.3. The van der Waals surface area contributed by atoms with Crippen LogP contribution in [0.4, 0.5) is 5.69 Å². The second-order valence-corrected chi connectivity index (χ2v) is 6.28. The highest BCUT2D eigenvalue weighted by atomic mass is 16.5. The zero-order valence-electron chi connectivity index (χ0n) is 16.3. The molecule has 0 atom stereocenters. The van der Waals surface area contributed by atoms with Crippen molar-refractivity contribution >= 4 is 17.6 Å². The standard InChI is InChI=1S/C19H32N4O3/c1-15(2)8-11-25-12-9-21-19(20-4)22-10-13-26-18-7-5-6-17(14-18)23-16(3)24/h5-7,14-15H,8-13H2,1-4H3,(H,23,24)(H2,20,21,22). The SMILES string of the molecule is CN=C(NCCOCCC(C)C)NCCOc1cccc(NC(C)=O)c1. The highest BCUT2D eigenvalue weighted by Crippen LogP contribution is 2.16. The van der Waals surface area contributed by atoms with Gasteiger partial charge >= 0.3 is 0 Å². The molecular weight excluding hydrogens is 332 g/mol. The quantitative estimate of drug-likeness (QED) is 0.319. The lowest BCUT2D eigenvalue weighted by Crippen LogP contribution is -2.40. The van der Waals surface area contributed by atoms with Crippen molar-refractivity contribution in [2.75, 3.05) is 45.3 Å². The van der Waals surface area contributed by atoms with Crippen LogP contribution in [0, 0.1) is 5.92 Å². The largest absolute Gasteiger partial charge is 0.492 e. The number of guanidine groups is 1. The molecule has 0 bridgehead atoms. The summed E-state index contributed by atoms with van der Waals surface area (Å²) >= 11 is 0. The van der Waals surface area contributed by atoms with Gasteiger partial charge < -0.3 is 25.4 Å². The van der Waals surface area contributed by atoms with E-state index in [1.807, 2.05) is 18.2 Å². The number of hydrogen-bond acceptors (Lipinski definition) is 4. The number of nitrogens with zero attached hydrogens (tertiary/aromatic N) is 1. The molecule has 0 fully saturated rings. The van der Waals surface area contributed by atoms with Gasteiger partial charge in [-0.2, -0.15) is 0 Å². The Morgan fingerprint density at radius 3 is 2.54 bits per heavy atom. The van der Waals surface area contributed by atoms with Crippen molar-refractivity contribution in [3.05, 3.63) is 24.3 Å². The lowest BCUT2D eigenvalue weighted by atomic mass is 10.1. The smallest absolute Gasteiger partial charge is 0.221 e. The summed E-state index contributed by atoms with van der Waals surface area (Å²) in [7, 11) is 1.73. The minimum atomic E-state index is -0.105. The summed E-state index contributed by atoms with van der Waals surface area (Å²) in [6.45, 7) is 9.09. The van der Waals surface area contributed by atoms with E-state index in [4.69, 9.17) is 9.47 Å². The van der Waals surface area contributed by atoms with Gasteiger partial charge in [-0.25, -0.2) is 0 Å². The number of amides is 1. The van der Waals surface area contributed by atoms with Crippen molar-refractivity contribution in [3.8, 4) is 5.75 Å². The van der Waals surface area contributed by atoms with Crippen LogP contribution in [-0.2, 0) is 9.53 Å². The molecule has 3 N–H and O–H groups in total. The van der Waals surface area contributed by atoms with E-state index >= 15 is 0 Å². The molecule has 7 nitrogen and oxygen atoms in total. The first-order chi connectivity index (χ1) is 12.5. The van der Waals surface area contributed by atoms with Gasteiger partial charge in [-0.05, 0) is 24.5 Å². The number of rotatable bonds is 11. The van der Waals surface area contributed by atoms with Gasteiger partial charge in [-0.3, -0.25) is 9.79 Å². The molecular formula is C19H32N4O3. The average molecular weight is 364 g/mol. The third-order valence-electron chi connectivity index (χ3n) is 3.42. The van der Waals surface area contributed by atoms with E-state index < -0.39 is 0 Å². The summed E-state index contributed by atoms with van der Waals surface area (Å²) in [6, 6.07) is 7.31. The number of nitrogens with one attached hydrogen (secondary N) is 3. The molecule has 0 radical (unpaired) electrons. The minimum absolute atomic E-state index is 0.105. The number of benzene rings is 1. The molecule has 146 valence electrons. The Labute approximate surface area is 156 Å². The summed E-state index contributed by atoms with van der Waals surface area (Å²) in [5, 5.41) is 9.11. The summed E-state index contributed by atoms with van der Waals surface area (Å²) in [4.78, 5) is 15.2. The van der Waals surface area contributed by atoms with Gasteiger partial charge in [0.05, 0.1) is 13.2 Å². The third-order valence-corrected chi connectivity index (χ3v) is 3.42. The summed E-state index contributed by atoms with van der Waals surface area (Å²) in [6.07, 6.45) is 1.08. The van der Waals surface area contributed by atoms with Gasteiger partial charge in [-0.15, -0.1) is 0 Å². The number of hydrogen-bond donors (Lipinski definition) is 3. The molecule has 1 aromatic carbocycles. The molecule has 0 aliphatic heterocycles. The molecule has 0 unspecified atom stereocenters. The Hall–Kier alpha value is -2.28. The van der Waals surface area contributed by atoms with Crippen LogP contribution in [0.15, 0.2) is 29.3 Å². The van der Waals surface area contributed by atoms with E-state index in [9.17, 15) is 4.79 Å². The van der Waals surface area contributed by atoms with Gasteiger partial charge in [0, 0.05) is 38.9 Å². The molecule has 0 heterocycles. The second kappa shape index (κ2) is 13.0. The Kier molecular flexibility index (Phi) is 10.9. The Balaban J connectivity index is 2.18. The van der Waals surface area contributed by atoms with Crippen LogP contribution in [0.2, 0.25) is 0 Å². The highest BCUT2D eigenvalue weighted by Gasteiger charge is 2.00. The van der Waals surface area contributed by atoms with Crippen LogP contribution in [0.1, 0.15) is 27.2 Å². The summed E-state index contributed by atoms with van der Waals surface area (Å²) < 4.78 is 11.2. The summed E-state index contributed by atoms with van der Waals surface area (Å²) in [5.41, 5.74) is 0.720. The fourth-order valence-corrected chi connectivity index (χ4v) is 2.09. The Morgan fingerprint density at radius 1 is 1.15 bits per heavy atom. The van der Waals surface area contributed by atoms with Crippen molar-refractivity contribution in [2.45, 2.75) is 27.2 Å². The molecule has 1 aromatic rings. The monoisotopic (exact) mass is 364 g/mol. The van der Waals surface area contributed by atoms with Gasteiger partial charge in [-0.1, -0.05) is 19.9 Å². The highest BCUT2D eigenvalue weighted by molar-refractivity contribution is 5.88. The fourth-order valence-electron chi connectivity index (χ4n) is 2.09. The summed E-state index contributed by atoms with van der Waals surface area (Å²) in [5.74, 6) is 1.98. The number of carbonyl (C=O) groups excluding carboxylic acids is 1. The van der Waals surface area contributed by atoms with Crippen LogP contribution in [0.5, 0.6) is 5.75 Å². The van der Waals surface area contributed by atoms with E-state index in [1.54, 1.807) is 13.1 Å². The third kappa shape index (κ3) is 10.6. The first kappa shape index (κ1) is 21.8. The predicted octanol–water partition coefficient (Wildman–Crippen LogP) is 2.25. The van der Waals surface area contributed by atoms with Crippen molar-refractivity contribution in [1.82, 2.24) is 10.6 Å². The van der Waals surface area contributed by atoms with Crippen LogP contribution in [0.25, 0.3) is 0 Å².